The number of anilines is 2. The van der Waals surface area contributed by atoms with E-state index >= 15 is 0 Å². The Bertz CT molecular complexity index is 688. The smallest absolute Gasteiger partial charge is 0.262 e. The van der Waals surface area contributed by atoms with E-state index in [4.69, 9.17) is 9.47 Å². The quantitative estimate of drug-likeness (QED) is 0.899. The maximum Gasteiger partial charge on any atom is 0.262 e. The first-order valence-corrected chi connectivity index (χ1v) is 7.23. The fourth-order valence-corrected chi connectivity index (χ4v) is 2.29. The fourth-order valence-electron chi connectivity index (χ4n) is 2.29. The van der Waals surface area contributed by atoms with Crippen molar-refractivity contribution < 1.29 is 14.3 Å². The largest absolute Gasteiger partial charge is 0.480 e. The molecule has 1 aliphatic rings. The van der Waals surface area contributed by atoms with E-state index in [9.17, 15) is 4.79 Å². The van der Waals surface area contributed by atoms with E-state index in [-0.39, 0.29) is 11.8 Å². The Morgan fingerprint density at radius 2 is 2.13 bits per heavy atom. The number of nitrogens with zero attached hydrogens (tertiary/aromatic N) is 4. The molecule has 1 aliphatic heterocycles. The highest BCUT2D eigenvalue weighted by atomic mass is 16.5. The summed E-state index contributed by atoms with van der Waals surface area (Å²) in [7, 11) is 1.47. The molecule has 1 fully saturated rings. The number of rotatable bonds is 4. The number of methoxy groups -OCH3 is 1. The second kappa shape index (κ2) is 7.01. The van der Waals surface area contributed by atoms with Crippen LogP contribution in [0.25, 0.3) is 0 Å². The third-order valence-electron chi connectivity index (χ3n) is 3.44. The predicted molar refractivity (Wildman–Crippen MR) is 83.8 cm³/mol. The highest BCUT2D eigenvalue weighted by Crippen LogP contribution is 2.18. The van der Waals surface area contributed by atoms with Crippen LogP contribution in [-0.4, -0.2) is 54.3 Å². The Labute approximate surface area is 133 Å². The lowest BCUT2D eigenvalue weighted by molar-refractivity contribution is 0.102. The summed E-state index contributed by atoms with van der Waals surface area (Å²) < 4.78 is 10.4. The number of morpholine rings is 1. The van der Waals surface area contributed by atoms with Crippen molar-refractivity contribution in [3.05, 3.63) is 36.3 Å². The number of amides is 1. The molecule has 1 amide bonds. The second-order valence-electron chi connectivity index (χ2n) is 4.88. The Morgan fingerprint density at radius 1 is 1.30 bits per heavy atom. The van der Waals surface area contributed by atoms with E-state index in [1.54, 1.807) is 24.4 Å². The summed E-state index contributed by atoms with van der Waals surface area (Å²) in [4.78, 5) is 26.8. The molecule has 8 nitrogen and oxygen atoms in total. The molecule has 0 bridgehead atoms. The van der Waals surface area contributed by atoms with E-state index in [1.165, 1.54) is 13.4 Å². The Kier molecular flexibility index (Phi) is 4.62. The van der Waals surface area contributed by atoms with Gasteiger partial charge in [-0.15, -0.1) is 0 Å². The lowest BCUT2D eigenvalue weighted by Gasteiger charge is -2.27. The predicted octanol–water partition coefficient (Wildman–Crippen LogP) is 0.969. The molecule has 0 spiro atoms. The number of carbonyl (C=O) groups excluding carboxylic acids is 1. The molecule has 0 atom stereocenters. The lowest BCUT2D eigenvalue weighted by Crippen LogP contribution is -2.36. The van der Waals surface area contributed by atoms with Crippen molar-refractivity contribution in [2.45, 2.75) is 0 Å². The minimum Gasteiger partial charge on any atom is -0.480 e. The Hall–Kier alpha value is -2.74. The van der Waals surface area contributed by atoms with E-state index in [2.05, 4.69) is 25.2 Å². The Morgan fingerprint density at radius 3 is 2.91 bits per heavy atom. The van der Waals surface area contributed by atoms with Gasteiger partial charge >= 0.3 is 0 Å². The van der Waals surface area contributed by atoms with Gasteiger partial charge in [-0.25, -0.2) is 15.0 Å². The van der Waals surface area contributed by atoms with Gasteiger partial charge in [-0.2, -0.15) is 0 Å². The molecule has 0 radical (unpaired) electrons. The molecule has 8 heteroatoms. The van der Waals surface area contributed by atoms with Gasteiger partial charge in [0.05, 0.1) is 20.3 Å². The summed E-state index contributed by atoms with van der Waals surface area (Å²) in [5.74, 6) is 1.13. The molecule has 0 saturated carbocycles. The molecule has 0 aromatic carbocycles. The third kappa shape index (κ3) is 3.54. The zero-order chi connectivity index (χ0) is 16.1. The minimum absolute atomic E-state index is 0.271. The summed E-state index contributed by atoms with van der Waals surface area (Å²) in [5, 5.41) is 2.74. The van der Waals surface area contributed by atoms with Gasteiger partial charge in [-0.05, 0) is 12.1 Å². The van der Waals surface area contributed by atoms with Crippen LogP contribution in [0, 0.1) is 0 Å². The van der Waals surface area contributed by atoms with E-state index in [1.807, 2.05) is 0 Å². The summed E-state index contributed by atoms with van der Waals surface area (Å²) >= 11 is 0. The normalized spacial score (nSPS) is 14.4. The molecule has 2 aromatic heterocycles. The Balaban J connectivity index is 1.76. The van der Waals surface area contributed by atoms with Crippen LogP contribution in [0.15, 0.2) is 30.7 Å². The summed E-state index contributed by atoms with van der Waals surface area (Å²) in [6, 6.07) is 5.06. The highest BCUT2D eigenvalue weighted by Gasteiger charge is 2.16. The molecule has 120 valence electrons. The first-order valence-electron chi connectivity index (χ1n) is 7.23. The monoisotopic (exact) mass is 315 g/mol. The second-order valence-corrected chi connectivity index (χ2v) is 4.88. The van der Waals surface area contributed by atoms with Gasteiger partial charge in [0.15, 0.2) is 0 Å². The van der Waals surface area contributed by atoms with Crippen LogP contribution < -0.4 is 15.0 Å². The van der Waals surface area contributed by atoms with Gasteiger partial charge in [0.2, 0.25) is 5.88 Å². The summed E-state index contributed by atoms with van der Waals surface area (Å²) in [6.45, 7) is 2.86. The van der Waals surface area contributed by atoms with Crippen molar-refractivity contribution in [2.75, 3.05) is 43.6 Å². The molecular formula is C15H17N5O3. The number of nitrogens with one attached hydrogen (secondary N) is 1. The van der Waals surface area contributed by atoms with Crippen LogP contribution in [0.2, 0.25) is 0 Å². The fraction of sp³-hybridized carbons (Fsp3) is 0.333. The van der Waals surface area contributed by atoms with E-state index < -0.39 is 0 Å². The first-order chi connectivity index (χ1) is 11.3. The molecule has 23 heavy (non-hydrogen) atoms. The molecule has 1 saturated heterocycles. The zero-order valence-corrected chi connectivity index (χ0v) is 12.7. The molecule has 3 rings (SSSR count). The molecule has 1 N–H and O–H groups in total. The lowest BCUT2D eigenvalue weighted by atomic mass is 10.2. The van der Waals surface area contributed by atoms with Crippen LogP contribution >= 0.6 is 0 Å². The number of pyridine rings is 1. The molecular weight excluding hydrogens is 298 g/mol. The average Bonchev–Trinajstić information content (AvgIpc) is 2.62. The van der Waals surface area contributed by atoms with Gasteiger partial charge in [0.1, 0.15) is 23.5 Å². The molecule has 0 unspecified atom stereocenters. The number of ether oxygens (including phenoxy) is 2. The van der Waals surface area contributed by atoms with Gasteiger partial charge in [-0.1, -0.05) is 0 Å². The van der Waals surface area contributed by atoms with Crippen molar-refractivity contribution in [3.63, 3.8) is 0 Å². The minimum atomic E-state index is -0.332. The van der Waals surface area contributed by atoms with Gasteiger partial charge in [0.25, 0.3) is 5.91 Å². The van der Waals surface area contributed by atoms with Crippen molar-refractivity contribution in [1.29, 1.82) is 0 Å². The van der Waals surface area contributed by atoms with Crippen molar-refractivity contribution in [3.8, 4) is 5.88 Å². The molecule has 3 heterocycles. The van der Waals surface area contributed by atoms with Gasteiger partial charge in [0, 0.05) is 25.4 Å². The van der Waals surface area contributed by atoms with Gasteiger partial charge < -0.3 is 19.7 Å². The van der Waals surface area contributed by atoms with Crippen LogP contribution in [0.4, 0.5) is 11.6 Å². The molecule has 0 aliphatic carbocycles. The van der Waals surface area contributed by atoms with Crippen LogP contribution in [0.1, 0.15) is 10.4 Å². The maximum absolute atomic E-state index is 12.4. The number of aromatic nitrogens is 3. The standard InChI is InChI=1S/C15H17N5O3/c1-22-15-11(3-2-4-16-15)14(21)19-12-9-13(18-10-17-12)20-5-7-23-8-6-20/h2-4,9-10H,5-8H2,1H3,(H,17,18,19,21). The average molecular weight is 315 g/mol. The van der Waals surface area contributed by atoms with Crippen LogP contribution in [0.3, 0.4) is 0 Å². The SMILES string of the molecule is COc1ncccc1C(=O)Nc1cc(N2CCOCC2)ncn1. The maximum atomic E-state index is 12.4. The van der Waals surface area contributed by atoms with Crippen LogP contribution in [-0.2, 0) is 4.74 Å². The van der Waals surface area contributed by atoms with Crippen molar-refractivity contribution in [1.82, 2.24) is 15.0 Å². The van der Waals surface area contributed by atoms with Crippen molar-refractivity contribution >= 4 is 17.5 Å². The third-order valence-corrected chi connectivity index (χ3v) is 3.44. The summed E-state index contributed by atoms with van der Waals surface area (Å²) in [5.41, 5.74) is 0.349. The van der Waals surface area contributed by atoms with Crippen molar-refractivity contribution in [2.24, 2.45) is 0 Å². The zero-order valence-electron chi connectivity index (χ0n) is 12.7. The molecule has 2 aromatic rings. The van der Waals surface area contributed by atoms with E-state index in [0.717, 1.165) is 18.9 Å². The first kappa shape index (κ1) is 15.2. The topological polar surface area (TPSA) is 89.5 Å². The number of carbonyl (C=O) groups is 1. The van der Waals surface area contributed by atoms with Crippen LogP contribution in [0.5, 0.6) is 5.88 Å². The number of hydrogen-bond donors (Lipinski definition) is 1. The highest BCUT2D eigenvalue weighted by molar-refractivity contribution is 6.05. The number of hydrogen-bond acceptors (Lipinski definition) is 7. The van der Waals surface area contributed by atoms with E-state index in [0.29, 0.717) is 24.6 Å². The van der Waals surface area contributed by atoms with Gasteiger partial charge in [-0.3, -0.25) is 4.79 Å². The summed E-state index contributed by atoms with van der Waals surface area (Å²) in [6.07, 6.45) is 3.00.